The van der Waals surface area contributed by atoms with Gasteiger partial charge in [0.05, 0.1) is 0 Å². The third-order valence-corrected chi connectivity index (χ3v) is 5.49. The molecule has 0 amide bonds. The monoisotopic (exact) mass is 287 g/mol. The van der Waals surface area contributed by atoms with Crippen molar-refractivity contribution < 1.29 is 0 Å². The van der Waals surface area contributed by atoms with Crippen molar-refractivity contribution in [3.8, 4) is 0 Å². The van der Waals surface area contributed by atoms with Gasteiger partial charge in [0.25, 0.3) is 0 Å². The van der Waals surface area contributed by atoms with E-state index in [1.54, 1.807) is 0 Å². The highest BCUT2D eigenvalue weighted by molar-refractivity contribution is 7.27. The van der Waals surface area contributed by atoms with E-state index in [1.807, 2.05) is 0 Å². The van der Waals surface area contributed by atoms with Gasteiger partial charge in [-0.05, 0) is 37.8 Å². The van der Waals surface area contributed by atoms with Gasteiger partial charge in [-0.25, -0.2) is 0 Å². The average Bonchev–Trinajstić information content (AvgIpc) is 2.74. The van der Waals surface area contributed by atoms with Crippen LogP contribution in [0.3, 0.4) is 0 Å². The van der Waals surface area contributed by atoms with E-state index in [9.17, 15) is 0 Å². The summed E-state index contributed by atoms with van der Waals surface area (Å²) in [6, 6.07) is 13.2. The fourth-order valence-corrected chi connectivity index (χ4v) is 3.58. The van der Waals surface area contributed by atoms with Crippen LogP contribution >= 0.6 is 8.35 Å². The van der Waals surface area contributed by atoms with Crippen molar-refractivity contribution in [2.24, 2.45) is 0 Å². The van der Waals surface area contributed by atoms with E-state index in [1.165, 1.54) is 24.9 Å². The molecule has 0 saturated heterocycles. The van der Waals surface area contributed by atoms with E-state index in [2.05, 4.69) is 82.3 Å². The molecule has 1 aromatic heterocycles. The van der Waals surface area contributed by atoms with Crippen molar-refractivity contribution >= 4 is 8.35 Å². The molecule has 20 heavy (non-hydrogen) atoms. The van der Waals surface area contributed by atoms with Gasteiger partial charge in [-0.1, -0.05) is 51.1 Å². The molecule has 1 aromatic carbocycles. The smallest absolute Gasteiger partial charge is 0.0400 e. The minimum Gasteiger partial charge on any atom is -0.322 e. The summed E-state index contributed by atoms with van der Waals surface area (Å²) in [5, 5.41) is 1.51. The fourth-order valence-electron chi connectivity index (χ4n) is 2.30. The summed E-state index contributed by atoms with van der Waals surface area (Å²) in [7, 11) is 1.35. The van der Waals surface area contributed by atoms with Gasteiger partial charge in [0, 0.05) is 31.3 Å². The minimum atomic E-state index is 0.162. The number of rotatable bonds is 2. The van der Waals surface area contributed by atoms with E-state index in [-0.39, 0.29) is 11.0 Å². The van der Waals surface area contributed by atoms with Gasteiger partial charge in [0.15, 0.2) is 0 Å². The Bertz CT molecular complexity index is 568. The van der Waals surface area contributed by atoms with Crippen LogP contribution in [0, 0.1) is 0 Å². The van der Waals surface area contributed by atoms with Gasteiger partial charge in [-0.3, -0.25) is 0 Å². The number of benzene rings is 1. The van der Waals surface area contributed by atoms with Crippen molar-refractivity contribution in [3.05, 3.63) is 53.0 Å². The molecule has 0 saturated carbocycles. The van der Waals surface area contributed by atoms with Gasteiger partial charge in [-0.2, -0.15) is 0 Å². The topological polar surface area (TPSA) is 4.93 Å². The summed E-state index contributed by atoms with van der Waals surface area (Å²) in [6.07, 6.45) is 1.02. The fraction of sp³-hybridized carbons (Fsp3) is 0.500. The summed E-state index contributed by atoms with van der Waals surface area (Å²) in [4.78, 5) is 0. The highest BCUT2D eigenvalue weighted by Gasteiger charge is 2.23. The van der Waals surface area contributed by atoms with Gasteiger partial charge >= 0.3 is 0 Å². The number of hydrogen-bond acceptors (Lipinski definition) is 0. The molecule has 0 radical (unpaired) electrons. The Morgan fingerprint density at radius 3 is 2.05 bits per heavy atom. The SMILES string of the molecule is CC(C)(C)c1cc(Cc2ccccc2)n(C(C)(C)C)p1. The maximum Gasteiger partial charge on any atom is 0.0400 e. The zero-order chi connectivity index (χ0) is 15.0. The first-order valence-corrected chi connectivity index (χ1v) is 8.16. The summed E-state index contributed by atoms with van der Waals surface area (Å²) >= 11 is 0. The Kier molecular flexibility index (Phi) is 4.12. The Morgan fingerprint density at radius 1 is 0.950 bits per heavy atom. The summed E-state index contributed by atoms with van der Waals surface area (Å²) in [5.41, 5.74) is 3.23. The molecule has 0 aliphatic carbocycles. The molecule has 2 heteroatoms. The molecule has 0 N–H and O–H groups in total. The second-order valence-corrected chi connectivity index (χ2v) is 8.60. The van der Waals surface area contributed by atoms with Crippen molar-refractivity contribution in [3.63, 3.8) is 0 Å². The van der Waals surface area contributed by atoms with Gasteiger partial charge in [0.1, 0.15) is 0 Å². The van der Waals surface area contributed by atoms with Crippen molar-refractivity contribution in [2.45, 2.75) is 58.9 Å². The summed E-state index contributed by atoms with van der Waals surface area (Å²) in [5.74, 6) is 0. The molecule has 0 fully saturated rings. The second-order valence-electron chi connectivity index (χ2n) is 7.52. The van der Waals surface area contributed by atoms with Crippen LogP contribution in [0.2, 0.25) is 0 Å². The largest absolute Gasteiger partial charge is 0.322 e. The first kappa shape index (κ1) is 15.3. The van der Waals surface area contributed by atoms with Gasteiger partial charge in [-0.15, -0.1) is 0 Å². The normalized spacial score (nSPS) is 13.1. The zero-order valence-corrected chi connectivity index (χ0v) is 14.5. The van der Waals surface area contributed by atoms with E-state index < -0.39 is 0 Å². The third kappa shape index (κ3) is 3.52. The van der Waals surface area contributed by atoms with E-state index in [0.29, 0.717) is 0 Å². The molecule has 1 heterocycles. The lowest BCUT2D eigenvalue weighted by atomic mass is 9.94. The summed E-state index contributed by atoms with van der Waals surface area (Å²) in [6.45, 7) is 13.8. The van der Waals surface area contributed by atoms with Crippen LogP contribution in [0.15, 0.2) is 36.4 Å². The maximum atomic E-state index is 2.53. The molecule has 0 bridgehead atoms. The molecule has 2 rings (SSSR count). The van der Waals surface area contributed by atoms with Crippen molar-refractivity contribution in [1.82, 2.24) is 4.33 Å². The number of nitrogens with zero attached hydrogens (tertiary/aromatic N) is 1. The lowest BCUT2D eigenvalue weighted by Crippen LogP contribution is -2.21. The van der Waals surface area contributed by atoms with Crippen LogP contribution in [0.4, 0.5) is 0 Å². The van der Waals surface area contributed by atoms with Crippen LogP contribution in [-0.2, 0) is 17.4 Å². The predicted octanol–water partition coefficient (Wildman–Crippen LogP) is 5.71. The number of aromatic nitrogens is 1. The van der Waals surface area contributed by atoms with E-state index >= 15 is 0 Å². The minimum absolute atomic E-state index is 0.162. The molecule has 2 aromatic rings. The molecule has 0 aliphatic heterocycles. The van der Waals surface area contributed by atoms with Gasteiger partial charge in [0.2, 0.25) is 0 Å². The molecular weight excluding hydrogens is 261 g/mol. The lowest BCUT2D eigenvalue weighted by molar-refractivity contribution is 0.419. The highest BCUT2D eigenvalue weighted by Crippen LogP contribution is 2.37. The Balaban J connectivity index is 2.43. The molecule has 0 unspecified atom stereocenters. The zero-order valence-electron chi connectivity index (χ0n) is 13.6. The maximum absolute atomic E-state index is 2.53. The van der Waals surface area contributed by atoms with Crippen molar-refractivity contribution in [2.75, 3.05) is 0 Å². The Morgan fingerprint density at radius 2 is 1.55 bits per heavy atom. The van der Waals surface area contributed by atoms with E-state index in [0.717, 1.165) is 6.42 Å². The molecule has 0 atom stereocenters. The summed E-state index contributed by atoms with van der Waals surface area (Å²) < 4.78 is 2.53. The standard InChI is InChI=1S/C18H26NP/c1-17(2,3)16-13-15(19(20-16)18(4,5)6)12-14-10-8-7-9-11-14/h7-11,13H,12H2,1-6H3. The van der Waals surface area contributed by atoms with Gasteiger partial charge < -0.3 is 4.33 Å². The molecule has 0 spiro atoms. The first-order valence-electron chi connectivity index (χ1n) is 7.32. The second kappa shape index (κ2) is 5.37. The Hall–Kier alpha value is -1.07. The van der Waals surface area contributed by atoms with Crippen LogP contribution in [-0.4, -0.2) is 4.33 Å². The molecule has 1 nitrogen and oxygen atoms in total. The highest BCUT2D eigenvalue weighted by atomic mass is 31.0. The molecule has 108 valence electrons. The first-order chi connectivity index (χ1) is 9.18. The van der Waals surface area contributed by atoms with Crippen LogP contribution in [0.5, 0.6) is 0 Å². The lowest BCUT2D eigenvalue weighted by Gasteiger charge is -2.24. The molecule has 0 aliphatic rings. The third-order valence-electron chi connectivity index (χ3n) is 3.42. The van der Waals surface area contributed by atoms with Crippen LogP contribution < -0.4 is 0 Å². The van der Waals surface area contributed by atoms with Crippen LogP contribution in [0.25, 0.3) is 0 Å². The average molecular weight is 287 g/mol. The van der Waals surface area contributed by atoms with Crippen LogP contribution in [0.1, 0.15) is 58.1 Å². The predicted molar refractivity (Wildman–Crippen MR) is 89.9 cm³/mol. The Labute approximate surface area is 125 Å². The van der Waals surface area contributed by atoms with Crippen molar-refractivity contribution in [1.29, 1.82) is 0 Å². The quantitative estimate of drug-likeness (QED) is 0.666. The molecular formula is C18H26NP. The van der Waals surface area contributed by atoms with E-state index in [4.69, 9.17) is 0 Å². The number of hydrogen-bond donors (Lipinski definition) is 0.